The van der Waals surface area contributed by atoms with Gasteiger partial charge in [0.1, 0.15) is 12.2 Å². The number of rotatable bonds is 4. The van der Waals surface area contributed by atoms with Gasteiger partial charge in [0.05, 0.1) is 13.1 Å². The number of fused-ring (bicyclic) bond motifs is 1. The second-order valence-corrected chi connectivity index (χ2v) is 6.92. The molecule has 2 aromatic rings. The van der Waals surface area contributed by atoms with Crippen molar-refractivity contribution in [3.05, 3.63) is 46.0 Å². The highest BCUT2D eigenvalue weighted by molar-refractivity contribution is 14.0. The second kappa shape index (κ2) is 9.51. The van der Waals surface area contributed by atoms with Crippen LogP contribution in [0, 0.1) is 6.92 Å². The number of hydrogen-bond acceptors (Lipinski definition) is 3. The first-order chi connectivity index (χ1) is 11.7. The summed E-state index contributed by atoms with van der Waals surface area (Å²) in [5.74, 6) is 1.92. The maximum Gasteiger partial charge on any atom is 0.191 e. The van der Waals surface area contributed by atoms with E-state index in [-0.39, 0.29) is 24.0 Å². The van der Waals surface area contributed by atoms with Gasteiger partial charge < -0.3 is 10.6 Å². The Hall–Kier alpha value is -1.16. The number of halogens is 2. The molecule has 0 bridgehead atoms. The average molecular weight is 519 g/mol. The minimum Gasteiger partial charge on any atom is -0.357 e. The van der Waals surface area contributed by atoms with Crippen molar-refractivity contribution in [1.29, 1.82) is 0 Å². The van der Waals surface area contributed by atoms with Gasteiger partial charge in [0.15, 0.2) is 5.96 Å². The van der Waals surface area contributed by atoms with E-state index in [2.05, 4.69) is 68.7 Å². The van der Waals surface area contributed by atoms with Crippen LogP contribution in [-0.4, -0.2) is 33.3 Å². The van der Waals surface area contributed by atoms with Crippen LogP contribution in [0.1, 0.15) is 30.3 Å². The molecule has 0 fully saturated rings. The smallest absolute Gasteiger partial charge is 0.191 e. The fourth-order valence-electron chi connectivity index (χ4n) is 2.87. The lowest BCUT2D eigenvalue weighted by atomic mass is 10.1. The molecule has 1 aromatic heterocycles. The topological polar surface area (TPSA) is 67.1 Å². The Morgan fingerprint density at radius 1 is 1.44 bits per heavy atom. The van der Waals surface area contributed by atoms with E-state index in [1.54, 1.807) is 6.33 Å². The zero-order valence-electron chi connectivity index (χ0n) is 14.5. The SMILES string of the molecule is CCNC(=NCc1ccc(Br)cc1C)NC1CCc2ncnn2C1.I. The van der Waals surface area contributed by atoms with Crippen LogP contribution in [0.25, 0.3) is 0 Å². The Morgan fingerprint density at radius 2 is 2.28 bits per heavy atom. The fraction of sp³-hybridized carbons (Fsp3) is 0.471. The molecule has 6 nitrogen and oxygen atoms in total. The lowest BCUT2D eigenvalue weighted by molar-refractivity contribution is 0.392. The van der Waals surface area contributed by atoms with Crippen molar-refractivity contribution in [3.63, 3.8) is 0 Å². The number of aryl methyl sites for hydroxylation is 2. The molecule has 25 heavy (non-hydrogen) atoms. The summed E-state index contributed by atoms with van der Waals surface area (Å²) in [6, 6.07) is 6.63. The molecule has 0 amide bonds. The molecule has 8 heteroatoms. The summed E-state index contributed by atoms with van der Waals surface area (Å²) in [7, 11) is 0. The Balaban J connectivity index is 0.00000225. The third kappa shape index (κ3) is 5.40. The molecule has 2 heterocycles. The van der Waals surface area contributed by atoms with Crippen LogP contribution in [0.15, 0.2) is 34.0 Å². The molecule has 3 rings (SSSR count). The monoisotopic (exact) mass is 518 g/mol. The summed E-state index contributed by atoms with van der Waals surface area (Å²) >= 11 is 3.50. The number of nitrogens with zero attached hydrogens (tertiary/aromatic N) is 4. The van der Waals surface area contributed by atoms with Gasteiger partial charge in [-0.2, -0.15) is 5.10 Å². The largest absolute Gasteiger partial charge is 0.357 e. The van der Waals surface area contributed by atoms with Crippen molar-refractivity contribution in [2.24, 2.45) is 4.99 Å². The minimum absolute atomic E-state index is 0. The molecule has 136 valence electrons. The van der Waals surface area contributed by atoms with Crippen molar-refractivity contribution in [3.8, 4) is 0 Å². The third-order valence-electron chi connectivity index (χ3n) is 4.20. The Bertz CT molecular complexity index is 730. The summed E-state index contributed by atoms with van der Waals surface area (Å²) in [6.45, 7) is 6.53. The molecule has 1 unspecified atom stereocenters. The van der Waals surface area contributed by atoms with E-state index >= 15 is 0 Å². The number of nitrogens with one attached hydrogen (secondary N) is 2. The predicted molar refractivity (Wildman–Crippen MR) is 114 cm³/mol. The van der Waals surface area contributed by atoms with Crippen LogP contribution in [0.2, 0.25) is 0 Å². The van der Waals surface area contributed by atoms with Gasteiger partial charge in [0.25, 0.3) is 0 Å². The van der Waals surface area contributed by atoms with E-state index in [0.29, 0.717) is 12.6 Å². The third-order valence-corrected chi connectivity index (χ3v) is 4.70. The van der Waals surface area contributed by atoms with Crippen molar-refractivity contribution in [2.45, 2.75) is 45.8 Å². The first-order valence-electron chi connectivity index (χ1n) is 8.32. The Labute approximate surface area is 174 Å². The average Bonchev–Trinajstić information content (AvgIpc) is 3.02. The molecule has 0 radical (unpaired) electrons. The standard InChI is InChI=1S/C17H23BrN6.HI/c1-3-19-17(20-9-13-4-5-14(18)8-12(13)2)23-15-6-7-16-21-11-22-24(16)10-15;/h4-5,8,11,15H,3,6-7,9-10H2,1-2H3,(H2,19,20,23);1H. The highest BCUT2D eigenvalue weighted by Gasteiger charge is 2.20. The lowest BCUT2D eigenvalue weighted by Crippen LogP contribution is -2.47. The molecule has 0 saturated heterocycles. The highest BCUT2D eigenvalue weighted by Crippen LogP contribution is 2.16. The molecule has 2 N–H and O–H groups in total. The van der Waals surface area contributed by atoms with Crippen LogP contribution >= 0.6 is 39.9 Å². The van der Waals surface area contributed by atoms with Crippen molar-refractivity contribution in [1.82, 2.24) is 25.4 Å². The molecule has 0 spiro atoms. The summed E-state index contributed by atoms with van der Waals surface area (Å²) in [4.78, 5) is 9.02. The van der Waals surface area contributed by atoms with E-state index in [1.807, 2.05) is 4.68 Å². The maximum atomic E-state index is 4.75. The quantitative estimate of drug-likeness (QED) is 0.371. The van der Waals surface area contributed by atoms with Gasteiger partial charge >= 0.3 is 0 Å². The van der Waals surface area contributed by atoms with Crippen molar-refractivity contribution < 1.29 is 0 Å². The van der Waals surface area contributed by atoms with E-state index in [1.165, 1.54) is 11.1 Å². The second-order valence-electron chi connectivity index (χ2n) is 6.00. The van der Waals surface area contributed by atoms with E-state index in [4.69, 9.17) is 4.99 Å². The summed E-state index contributed by atoms with van der Waals surface area (Å²) < 4.78 is 3.08. The minimum atomic E-state index is 0. The molecule has 0 saturated carbocycles. The lowest BCUT2D eigenvalue weighted by Gasteiger charge is -2.25. The first-order valence-corrected chi connectivity index (χ1v) is 9.11. The van der Waals surface area contributed by atoms with Gasteiger partial charge in [0, 0.05) is 23.5 Å². The molecular weight excluding hydrogens is 495 g/mol. The van der Waals surface area contributed by atoms with Crippen molar-refractivity contribution in [2.75, 3.05) is 6.54 Å². The Morgan fingerprint density at radius 3 is 3.04 bits per heavy atom. The molecule has 1 aromatic carbocycles. The van der Waals surface area contributed by atoms with Crippen LogP contribution in [0.4, 0.5) is 0 Å². The van der Waals surface area contributed by atoms with E-state index in [9.17, 15) is 0 Å². The molecular formula is C17H24BrIN6. The summed E-state index contributed by atoms with van der Waals surface area (Å²) in [6.07, 6.45) is 3.62. The van der Waals surface area contributed by atoms with Crippen LogP contribution in [0.5, 0.6) is 0 Å². The maximum absolute atomic E-state index is 4.75. The van der Waals surface area contributed by atoms with Crippen molar-refractivity contribution >= 4 is 45.9 Å². The van der Waals surface area contributed by atoms with Gasteiger partial charge in [-0.3, -0.25) is 0 Å². The van der Waals surface area contributed by atoms with Gasteiger partial charge in [-0.25, -0.2) is 14.7 Å². The zero-order valence-corrected chi connectivity index (χ0v) is 18.4. The van der Waals surface area contributed by atoms with Crippen LogP contribution in [0.3, 0.4) is 0 Å². The van der Waals surface area contributed by atoms with E-state index in [0.717, 1.165) is 42.2 Å². The van der Waals surface area contributed by atoms with Gasteiger partial charge in [0.2, 0.25) is 0 Å². The number of benzene rings is 1. The number of hydrogen-bond donors (Lipinski definition) is 2. The molecule has 0 aliphatic carbocycles. The van der Waals surface area contributed by atoms with E-state index < -0.39 is 0 Å². The number of guanidine groups is 1. The molecule has 1 atom stereocenters. The normalized spacial score (nSPS) is 16.8. The van der Waals surface area contributed by atoms with Gasteiger partial charge in [-0.05, 0) is 43.5 Å². The zero-order chi connectivity index (χ0) is 16.9. The summed E-state index contributed by atoms with van der Waals surface area (Å²) in [5, 5.41) is 11.1. The van der Waals surface area contributed by atoms with Gasteiger partial charge in [-0.15, -0.1) is 24.0 Å². The number of aliphatic imine (C=N–C) groups is 1. The fourth-order valence-corrected chi connectivity index (χ4v) is 3.35. The predicted octanol–water partition coefficient (Wildman–Crippen LogP) is 3.04. The first kappa shape index (κ1) is 20.2. The Kier molecular flexibility index (Phi) is 7.67. The molecule has 1 aliphatic heterocycles. The van der Waals surface area contributed by atoms with Crippen LogP contribution < -0.4 is 10.6 Å². The highest BCUT2D eigenvalue weighted by atomic mass is 127. The van der Waals surface area contributed by atoms with Crippen LogP contribution in [-0.2, 0) is 19.5 Å². The van der Waals surface area contributed by atoms with Gasteiger partial charge in [-0.1, -0.05) is 22.0 Å². The molecule has 1 aliphatic rings. The summed E-state index contributed by atoms with van der Waals surface area (Å²) in [5.41, 5.74) is 2.48. The number of aromatic nitrogens is 3.